The number of para-hydroxylation sites is 1. The lowest BCUT2D eigenvalue weighted by Crippen LogP contribution is -2.27. The van der Waals surface area contributed by atoms with Gasteiger partial charge in [0.05, 0.1) is 21.4 Å². The number of anilines is 1. The molecular formula is C18H13N9O6. The maximum Gasteiger partial charge on any atom is 0.301 e. The number of aromatic nitrogens is 5. The monoisotopic (exact) mass is 451 g/mol. The minimum absolute atomic E-state index is 0.185. The molecule has 2 heterocycles. The zero-order valence-electron chi connectivity index (χ0n) is 16.7. The molecule has 0 unspecified atom stereocenters. The van der Waals surface area contributed by atoms with Crippen molar-refractivity contribution in [1.29, 1.82) is 0 Å². The van der Waals surface area contributed by atoms with Crippen molar-refractivity contribution in [2.75, 3.05) is 5.43 Å². The lowest BCUT2D eigenvalue weighted by atomic mass is 10.1. The number of nitrogens with zero attached hydrogens (tertiary/aromatic N) is 7. The first kappa shape index (κ1) is 21.0. The second-order valence-corrected chi connectivity index (χ2v) is 6.63. The molecule has 0 bridgehead atoms. The van der Waals surface area contributed by atoms with Crippen molar-refractivity contribution >= 4 is 33.7 Å². The fourth-order valence-electron chi connectivity index (χ4n) is 3.17. The lowest BCUT2D eigenvalue weighted by Gasteiger charge is -2.12. The fraction of sp³-hybridized carbons (Fsp3) is 0.0556. The molecule has 0 aliphatic heterocycles. The molecule has 0 aliphatic rings. The van der Waals surface area contributed by atoms with E-state index in [1.807, 2.05) is 0 Å². The number of rotatable bonds is 6. The summed E-state index contributed by atoms with van der Waals surface area (Å²) in [4.78, 5) is 33.8. The molecule has 15 heteroatoms. The summed E-state index contributed by atoms with van der Waals surface area (Å²) < 4.78 is 1.29. The van der Waals surface area contributed by atoms with Gasteiger partial charge < -0.3 is 9.67 Å². The van der Waals surface area contributed by atoms with Gasteiger partial charge in [-0.1, -0.05) is 12.1 Å². The topological polar surface area (TPSA) is 207 Å². The summed E-state index contributed by atoms with van der Waals surface area (Å²) in [5.41, 5.74) is 0.352. The molecule has 0 saturated carbocycles. The molecule has 0 atom stereocenters. The lowest BCUT2D eigenvalue weighted by molar-refractivity contribution is -0.393. The average Bonchev–Trinajstić information content (AvgIpc) is 3.34. The van der Waals surface area contributed by atoms with Crippen LogP contribution in [-0.4, -0.2) is 45.9 Å². The van der Waals surface area contributed by atoms with E-state index in [0.717, 1.165) is 18.2 Å². The normalized spacial score (nSPS) is 11.5. The Morgan fingerprint density at radius 2 is 1.94 bits per heavy atom. The number of benzene rings is 2. The Morgan fingerprint density at radius 3 is 2.61 bits per heavy atom. The molecule has 166 valence electrons. The molecule has 0 spiro atoms. The molecule has 2 aromatic carbocycles. The summed E-state index contributed by atoms with van der Waals surface area (Å²) in [7, 11) is 1.50. The van der Waals surface area contributed by atoms with E-state index in [9.17, 15) is 30.1 Å². The van der Waals surface area contributed by atoms with Gasteiger partial charge in [-0.2, -0.15) is 10.3 Å². The predicted octanol–water partition coefficient (Wildman–Crippen LogP) is 1.44. The van der Waals surface area contributed by atoms with Crippen LogP contribution in [0.3, 0.4) is 0 Å². The highest BCUT2D eigenvalue weighted by molar-refractivity contribution is 6.14. The van der Waals surface area contributed by atoms with Gasteiger partial charge in [0.1, 0.15) is 22.7 Å². The number of aryl methyl sites for hydroxylation is 1. The van der Waals surface area contributed by atoms with Crippen molar-refractivity contribution in [3.63, 3.8) is 0 Å². The van der Waals surface area contributed by atoms with Crippen LogP contribution in [0.25, 0.3) is 10.9 Å². The van der Waals surface area contributed by atoms with Gasteiger partial charge in [0, 0.05) is 18.5 Å². The van der Waals surface area contributed by atoms with Crippen LogP contribution in [0.1, 0.15) is 11.4 Å². The van der Waals surface area contributed by atoms with Gasteiger partial charge in [-0.25, -0.2) is 0 Å². The molecule has 0 aliphatic carbocycles. The van der Waals surface area contributed by atoms with Gasteiger partial charge in [-0.15, -0.1) is 10.2 Å². The van der Waals surface area contributed by atoms with E-state index < -0.39 is 32.5 Å². The second kappa shape index (κ2) is 8.14. The smallest absolute Gasteiger partial charge is 0.301 e. The quantitative estimate of drug-likeness (QED) is 0.218. The molecular weight excluding hydrogens is 438 g/mol. The van der Waals surface area contributed by atoms with Crippen molar-refractivity contribution < 1.29 is 15.0 Å². The number of hydrazone groups is 1. The Balaban J connectivity index is 1.91. The van der Waals surface area contributed by atoms with E-state index in [4.69, 9.17) is 0 Å². The number of nitro benzene ring substituents is 2. The fourth-order valence-corrected chi connectivity index (χ4v) is 3.17. The van der Waals surface area contributed by atoms with Gasteiger partial charge in [0.25, 0.3) is 11.2 Å². The van der Waals surface area contributed by atoms with Gasteiger partial charge in [-0.3, -0.25) is 30.4 Å². The SMILES string of the molecule is Cn1c(=O)c(/C(=N/Nc2ccc([N+](=O)[O-])cc2[N+](=O)[O-])c2nn[nH]n2)c(O)c2ccccc21. The number of tetrazole rings is 1. The minimum atomic E-state index is -0.828. The number of pyridine rings is 1. The van der Waals surface area contributed by atoms with Gasteiger partial charge in [0.15, 0.2) is 0 Å². The number of fused-ring (bicyclic) bond motifs is 1. The molecule has 3 N–H and O–H groups in total. The van der Waals surface area contributed by atoms with E-state index in [2.05, 4.69) is 31.2 Å². The van der Waals surface area contributed by atoms with E-state index in [1.165, 1.54) is 11.6 Å². The zero-order valence-corrected chi connectivity index (χ0v) is 16.7. The van der Waals surface area contributed by atoms with E-state index in [-0.39, 0.29) is 22.8 Å². The molecule has 4 aromatic rings. The first-order valence-corrected chi connectivity index (χ1v) is 9.11. The van der Waals surface area contributed by atoms with Crippen molar-refractivity contribution in [3.8, 4) is 5.75 Å². The van der Waals surface area contributed by atoms with Gasteiger partial charge >= 0.3 is 5.69 Å². The molecule has 33 heavy (non-hydrogen) atoms. The molecule has 15 nitrogen and oxygen atoms in total. The Labute approximate surface area is 182 Å². The van der Waals surface area contributed by atoms with Crippen LogP contribution in [-0.2, 0) is 7.05 Å². The zero-order chi connectivity index (χ0) is 23.7. The number of non-ortho nitro benzene ring substituents is 1. The maximum atomic E-state index is 13.1. The summed E-state index contributed by atoms with van der Waals surface area (Å²) >= 11 is 0. The number of nitrogens with one attached hydrogen (secondary N) is 2. The summed E-state index contributed by atoms with van der Waals surface area (Å²) in [6.07, 6.45) is 0. The average molecular weight is 451 g/mol. The van der Waals surface area contributed by atoms with Crippen LogP contribution in [0.15, 0.2) is 52.4 Å². The van der Waals surface area contributed by atoms with E-state index in [1.54, 1.807) is 24.3 Å². The number of nitro groups is 2. The first-order chi connectivity index (χ1) is 15.8. The third-order valence-corrected chi connectivity index (χ3v) is 4.75. The van der Waals surface area contributed by atoms with Crippen molar-refractivity contribution in [1.82, 2.24) is 25.2 Å². The van der Waals surface area contributed by atoms with Gasteiger partial charge in [0.2, 0.25) is 5.82 Å². The Morgan fingerprint density at radius 1 is 1.18 bits per heavy atom. The number of aromatic amines is 1. The number of H-pyrrole nitrogens is 1. The molecule has 0 fully saturated rings. The van der Waals surface area contributed by atoms with E-state index >= 15 is 0 Å². The summed E-state index contributed by atoms with van der Waals surface area (Å²) in [5.74, 6) is -0.591. The molecule has 0 radical (unpaired) electrons. The van der Waals surface area contributed by atoms with Crippen LogP contribution in [0, 0.1) is 20.2 Å². The van der Waals surface area contributed by atoms with Crippen LogP contribution in [0.5, 0.6) is 5.75 Å². The van der Waals surface area contributed by atoms with Crippen LogP contribution >= 0.6 is 0 Å². The standard InChI is InChI=1S/C18H13N9O6/c1-25-12-5-3-2-4-10(12)16(28)14(18(25)29)15(17-21-23-24-22-17)20-19-11-7-6-9(26(30)31)8-13(11)27(32)33/h2-8,19,28H,1H3,(H,21,22,23,24)/b20-15-. The highest BCUT2D eigenvalue weighted by Crippen LogP contribution is 2.30. The van der Waals surface area contributed by atoms with Crippen molar-refractivity contribution in [2.24, 2.45) is 12.1 Å². The molecule has 4 rings (SSSR count). The van der Waals surface area contributed by atoms with Crippen molar-refractivity contribution in [3.05, 3.63) is 84.4 Å². The molecule has 2 aromatic heterocycles. The summed E-state index contributed by atoms with van der Waals surface area (Å²) in [6, 6.07) is 9.50. The Hall–Kier alpha value is -5.21. The molecule has 0 amide bonds. The Bertz CT molecular complexity index is 1490. The van der Waals surface area contributed by atoms with Crippen LogP contribution in [0.4, 0.5) is 17.1 Å². The van der Waals surface area contributed by atoms with Crippen molar-refractivity contribution in [2.45, 2.75) is 0 Å². The summed E-state index contributed by atoms with van der Waals surface area (Å²) in [5, 5.41) is 50.8. The first-order valence-electron chi connectivity index (χ1n) is 9.11. The number of hydrogen-bond acceptors (Lipinski definition) is 11. The Kier molecular flexibility index (Phi) is 5.19. The third kappa shape index (κ3) is 3.69. The largest absolute Gasteiger partial charge is 0.506 e. The number of hydrogen-bond donors (Lipinski definition) is 3. The summed E-state index contributed by atoms with van der Waals surface area (Å²) in [6.45, 7) is 0. The van der Waals surface area contributed by atoms with E-state index in [0.29, 0.717) is 10.9 Å². The minimum Gasteiger partial charge on any atom is -0.506 e. The third-order valence-electron chi connectivity index (χ3n) is 4.75. The van der Waals surface area contributed by atoms with Crippen LogP contribution < -0.4 is 11.0 Å². The van der Waals surface area contributed by atoms with Gasteiger partial charge in [-0.05, 0) is 23.4 Å². The maximum absolute atomic E-state index is 13.1. The highest BCUT2D eigenvalue weighted by atomic mass is 16.6. The molecule has 0 saturated heterocycles. The number of aromatic hydroxyl groups is 1. The van der Waals surface area contributed by atoms with Crippen LogP contribution in [0.2, 0.25) is 0 Å². The highest BCUT2D eigenvalue weighted by Gasteiger charge is 2.25. The predicted molar refractivity (Wildman–Crippen MR) is 114 cm³/mol. The second-order valence-electron chi connectivity index (χ2n) is 6.63.